The first kappa shape index (κ1) is 128. The molecule has 0 nitrogen and oxygen atoms in total. The van der Waals surface area contributed by atoms with Gasteiger partial charge in [-0.25, -0.2) is 0 Å². The Kier molecular flexibility index (Phi) is 155. The van der Waals surface area contributed by atoms with Gasteiger partial charge in [-0.1, -0.05) is 0 Å². The second-order valence-electron chi connectivity index (χ2n) is 7.01. The van der Waals surface area contributed by atoms with Crippen LogP contribution in [0, 0.1) is 0 Å². The average molecular weight is 3370 g/mol. The molecule has 0 bridgehead atoms. The summed E-state index contributed by atoms with van der Waals surface area (Å²) in [5.41, 5.74) is 0. The molecule has 0 aliphatic rings. The van der Waals surface area contributed by atoms with Gasteiger partial charge in [-0.2, -0.15) is 0 Å². The molecule has 0 spiro atoms. The fraction of sp³-hybridized carbons (Fsp3) is 0. The van der Waals surface area contributed by atoms with Gasteiger partial charge in [-0.15, -0.1) is 0 Å². The lowest BCUT2D eigenvalue weighted by Crippen LogP contribution is -1.41. The Morgan fingerprint density at radius 1 is 0.0476 bits per heavy atom. The van der Waals surface area contributed by atoms with Gasteiger partial charge in [0.2, 0.25) is 0 Å². The fourth-order valence-electron chi connectivity index (χ4n) is 1.15. The van der Waals surface area contributed by atoms with E-state index in [-0.39, 0.29) is 0 Å². The molecule has 0 aromatic rings. The third-order valence-electron chi connectivity index (χ3n) is 2.83. The van der Waals surface area contributed by atoms with Gasteiger partial charge in [0.15, 0.2) is 0 Å². The highest BCUT2D eigenvalue weighted by Crippen LogP contribution is 1.51. The summed E-state index contributed by atoms with van der Waals surface area (Å²) in [6.07, 6.45) is 0. The molecule has 0 N–H and O–H groups in total. The molecule has 105 heteroatoms. The standard InChI is InChI=1S/S105/c1-3-5-7-9-11-13-15-17-19-21-23-25-27-29-31-33-35-37-39-41-43-45-47-49-51-53-55-57-59-61-63-65-67-69-71-73-75-77-79-81-83-85-87-89-91-93-95-97-99-101-103-105-104-102-100-98-96-94-92-90-88-86-84-82-80-78-76-74-72-70-68-66-64-62-60-58-56-54-52-50-48-46-44-42-40-38-36-34-32-30-28-26-24-22-20-18-16-14-12-10-8-6-4-2. The maximum Gasteiger partial charge on any atom is 0 e. The van der Waals surface area contributed by atoms with Crippen molar-refractivity contribution in [2.24, 2.45) is 0 Å². The number of hydrogen-bond donors (Lipinski definition) is 0. The molecule has 0 unspecified atom stereocenters. The Labute approximate surface area is 907 Å². The Balaban J connectivity index is 6.19. The Morgan fingerprint density at radius 2 is 0.0762 bits per heavy atom. The van der Waals surface area contributed by atoms with Crippen LogP contribution < -0.4 is 0 Å². The predicted octanol–water partition coefficient (Wildman–Crippen LogP) is -0.252. The van der Waals surface area contributed by atoms with Crippen LogP contribution in [0.1, 0.15) is 0 Å². The fourth-order valence-corrected chi connectivity index (χ4v) is 278. The van der Waals surface area contributed by atoms with Crippen LogP contribution in [-0.2, 0) is 937 Å². The van der Waals surface area contributed by atoms with E-state index in [2.05, 4.69) is 0 Å². The average Bonchev–Trinajstić information content (AvgIpc) is 3.78. The Bertz CT molecular complexity index is 7920. The zero-order valence-electron chi connectivity index (χ0n) is 42.9. The molecular formula is S105. The van der Waals surface area contributed by atoms with Crippen molar-refractivity contribution < 1.29 is 0 Å². The van der Waals surface area contributed by atoms with E-state index in [4.69, 9.17) is 22.4 Å². The van der Waals surface area contributed by atoms with Gasteiger partial charge in [0.25, 0.3) is 0 Å². The Hall–Kier alpha value is 23.1. The molecule has 0 saturated carbocycles. The largest absolute Gasteiger partial charge is 0 e. The molecule has 0 aromatic heterocycles. The van der Waals surface area contributed by atoms with E-state index < -0.39 is 0 Å². The molecule has 0 radical (unpaired) electrons. The molecular weight excluding hydrogens is 3370 g/mol. The summed E-state index contributed by atoms with van der Waals surface area (Å²) >= 11 is 9.66. The molecule has 105 heavy (non-hydrogen) atoms. The molecule has 0 aromatic carbocycles. The van der Waals surface area contributed by atoms with E-state index in [9.17, 15) is 0 Å². The Morgan fingerprint density at radius 3 is 0.105 bits per heavy atom. The highest BCUT2D eigenvalue weighted by Gasteiger charge is 1.51. The van der Waals surface area contributed by atoms with Crippen LogP contribution in [0.5, 0.6) is 0 Å². The van der Waals surface area contributed by atoms with Crippen molar-refractivity contribution in [2.45, 2.75) is 0 Å². The van der Waals surface area contributed by atoms with Gasteiger partial charge in [0.1, 0.15) is 0 Å². The minimum absolute atomic E-state index is 1.37. The first-order valence-corrected chi connectivity index (χ1v) is 156. The summed E-state index contributed by atoms with van der Waals surface area (Å²) in [4.78, 5) is 0. The lowest BCUT2D eigenvalue weighted by molar-refractivity contribution is 5.95. The highest BCUT2D eigenvalue weighted by molar-refractivity contribution is 8.88. The van der Waals surface area contributed by atoms with Crippen LogP contribution in [0.4, 0.5) is 0 Å². The first-order chi connectivity index (χ1) is 52.4. The van der Waals surface area contributed by atoms with Crippen LogP contribution in [0.2, 0.25) is 0 Å². The van der Waals surface area contributed by atoms with E-state index in [1.807, 2.05) is 790 Å². The lowest BCUT2D eigenvalue weighted by atomic mass is 30.7. The minimum Gasteiger partial charge on any atom is 0 e. The second kappa shape index (κ2) is 127. The van der Waals surface area contributed by atoms with Gasteiger partial charge >= 0.3 is 0 Å². The van der Waals surface area contributed by atoms with E-state index in [1.165, 1.54) is 17.8 Å². The molecule has 0 saturated heterocycles. The second-order valence-corrected chi connectivity index (χ2v) is 189. The van der Waals surface area contributed by atoms with Gasteiger partial charge in [-0.05, 0) is 0 Å². The monoisotopic (exact) mass is 3360 g/mol. The SMILES string of the molecule is S=S=S=S=S=S=S=S=S=S=S=S=S=S=S=S=S=S=S=S=S=S=S=S=S=S=S=S=S=S=S=S=S=S=S=S=S=S=S=S=S=S=S=S=S=S=S=S=S=S=S=S=S=S=S=S=S=S=S=S=S=S=S=S=S=S=S=S=S=S=S=S=S=S=S=S=S=S=S=S=S=S=S=S=S=S=S=S=S=S=S=S=S=S=S=S=S=S=S=S=S=S=S=S=S. The minimum atomic E-state index is 1.37. The smallest absolute Gasteiger partial charge is 0 e. The van der Waals surface area contributed by atoms with Crippen LogP contribution in [0.15, 0.2) is 0 Å². The maximum atomic E-state index is 4.83. The van der Waals surface area contributed by atoms with Gasteiger partial charge in [0, 0.05) is 937 Å². The van der Waals surface area contributed by atoms with Crippen molar-refractivity contribution in [1.82, 2.24) is 0 Å². The molecule has 0 aliphatic carbocycles. The summed E-state index contributed by atoms with van der Waals surface area (Å²) in [5, 5.41) is 0. The molecule has 0 rings (SSSR count). The summed E-state index contributed by atoms with van der Waals surface area (Å²) < 4.78 is 0. The van der Waals surface area contributed by atoms with Gasteiger partial charge in [-0.3, -0.25) is 0 Å². The first-order valence-electron chi connectivity index (χ1n) is 17.3. The van der Waals surface area contributed by atoms with Crippen molar-refractivity contribution in [3.63, 3.8) is 0 Å². The predicted molar refractivity (Wildman–Crippen MR) is 773 cm³/mol. The zero-order chi connectivity index (χ0) is 74.8. The topological polar surface area (TPSA) is 0 Å². The van der Waals surface area contributed by atoms with Gasteiger partial charge < -0.3 is 0 Å². The third-order valence-corrected chi connectivity index (χ3v) is 229. The lowest BCUT2D eigenvalue weighted by Gasteiger charge is -1.41. The van der Waals surface area contributed by atoms with Crippen molar-refractivity contribution in [3.05, 3.63) is 0 Å². The zero-order valence-corrected chi connectivity index (χ0v) is 129. The van der Waals surface area contributed by atoms with Crippen molar-refractivity contribution >= 4 is 937 Å². The van der Waals surface area contributed by atoms with Crippen LogP contribution >= 0.6 is 0 Å². The van der Waals surface area contributed by atoms with E-state index in [0.29, 0.717) is 0 Å². The quantitative estimate of drug-likeness (QED) is 0.329. The maximum absolute atomic E-state index is 4.83. The molecule has 0 aliphatic heterocycles. The summed E-state index contributed by atoms with van der Waals surface area (Å²) in [6.45, 7) is 0. The van der Waals surface area contributed by atoms with Gasteiger partial charge in [0.05, 0.1) is 0 Å². The number of rotatable bonds is 0. The summed E-state index contributed by atoms with van der Waals surface area (Å²) in [7, 11) is 187. The molecule has 0 atom stereocenters. The van der Waals surface area contributed by atoms with Crippen LogP contribution in [0.3, 0.4) is 0 Å². The van der Waals surface area contributed by atoms with Crippen molar-refractivity contribution in [1.29, 1.82) is 0 Å². The molecule has 0 fully saturated rings. The van der Waals surface area contributed by atoms with E-state index >= 15 is 0 Å². The normalized spacial score (nSPS) is 7.89. The van der Waals surface area contributed by atoms with Crippen LogP contribution in [-0.4, -0.2) is 0 Å². The van der Waals surface area contributed by atoms with E-state index in [0.717, 1.165) is 0 Å². The van der Waals surface area contributed by atoms with E-state index in [1.54, 1.807) is 107 Å². The van der Waals surface area contributed by atoms with Crippen molar-refractivity contribution in [2.75, 3.05) is 0 Å². The van der Waals surface area contributed by atoms with Crippen LogP contribution in [0.25, 0.3) is 0 Å². The summed E-state index contributed by atoms with van der Waals surface area (Å²) in [6, 6.07) is 0. The van der Waals surface area contributed by atoms with Crippen molar-refractivity contribution in [3.8, 4) is 0 Å². The third kappa shape index (κ3) is 127. The molecule has 0 heterocycles. The molecule has 630 valence electrons. The highest BCUT2D eigenvalue weighted by atomic mass is 33.6. The number of hydrogen-bond acceptors (Lipinski definition) is 2. The summed E-state index contributed by atoms with van der Waals surface area (Å²) in [5.74, 6) is 0. The molecule has 0 amide bonds.